The molecule has 0 aromatic carbocycles. The Labute approximate surface area is 141 Å². The maximum absolute atomic E-state index is 14.2. The van der Waals surface area contributed by atoms with Crippen molar-refractivity contribution in [3.63, 3.8) is 0 Å². The Bertz CT molecular complexity index is 674. The first-order valence-corrected chi connectivity index (χ1v) is 8.17. The predicted molar refractivity (Wildman–Crippen MR) is 83.5 cm³/mol. The van der Waals surface area contributed by atoms with Crippen LogP contribution in [0.4, 0.5) is 29.5 Å². The maximum Gasteiger partial charge on any atom is 0.408 e. The third-order valence-corrected chi connectivity index (χ3v) is 4.14. The predicted octanol–water partition coefficient (Wildman–Crippen LogP) is 3.03. The van der Waals surface area contributed by atoms with Gasteiger partial charge in [0.05, 0.1) is 0 Å². The number of hydrogen-bond donors (Lipinski definition) is 3. The number of nitrogens with one attached hydrogen (secondary N) is 2. The summed E-state index contributed by atoms with van der Waals surface area (Å²) in [6.07, 6.45) is -2.72. The molecule has 0 amide bonds. The fourth-order valence-electron chi connectivity index (χ4n) is 2.46. The highest BCUT2D eigenvalue weighted by Crippen LogP contribution is 2.33. The zero-order chi connectivity index (χ0) is 18.2. The number of nitrogens with zero attached hydrogens (tertiary/aromatic N) is 3. The lowest BCUT2D eigenvalue weighted by molar-refractivity contribution is -0.138. The van der Waals surface area contributed by atoms with E-state index in [2.05, 4.69) is 25.6 Å². The summed E-state index contributed by atoms with van der Waals surface area (Å²) in [4.78, 5) is 12.0. The Morgan fingerprint density at radius 1 is 1.12 bits per heavy atom. The summed E-state index contributed by atoms with van der Waals surface area (Å²) in [5.41, 5.74) is 0.114. The molecular weight excluding hydrogens is 342 g/mol. The van der Waals surface area contributed by atoms with Crippen LogP contribution in [0.1, 0.15) is 44.9 Å². The molecule has 3 rings (SSSR count). The van der Waals surface area contributed by atoms with Gasteiger partial charge in [-0.1, -0.05) is 0 Å². The summed E-state index contributed by atoms with van der Waals surface area (Å²) < 4.78 is 52.5. The standard InChI is InChI=1S/C15H19F4N5O/c1-7(15(17,18)19)20-13-22-12(9-3-2-4-10(25)11(9)16)23-14(24-13)21-8-5-6-8/h7-8,10,25H,2-6H2,1H3,(H2,20,21,22,23,24)/t7-,10?/m1/s1. The monoisotopic (exact) mass is 361 g/mol. The van der Waals surface area contributed by atoms with Crippen molar-refractivity contribution >= 4 is 17.5 Å². The highest BCUT2D eigenvalue weighted by Gasteiger charge is 2.37. The SMILES string of the molecule is C[C@@H](Nc1nc(NC2CC2)nc(C2=C(F)C(O)CCC2)n1)C(F)(F)F. The van der Waals surface area contributed by atoms with E-state index in [4.69, 9.17) is 0 Å². The topological polar surface area (TPSA) is 83.0 Å². The van der Waals surface area contributed by atoms with E-state index in [0.29, 0.717) is 19.3 Å². The minimum atomic E-state index is -4.47. The molecule has 0 saturated heterocycles. The second kappa shape index (κ2) is 6.74. The van der Waals surface area contributed by atoms with Crippen molar-refractivity contribution in [2.45, 2.75) is 63.4 Å². The average Bonchev–Trinajstić information content (AvgIpc) is 3.32. The minimum Gasteiger partial charge on any atom is -0.386 e. The molecule has 3 N–H and O–H groups in total. The molecule has 1 saturated carbocycles. The van der Waals surface area contributed by atoms with Gasteiger partial charge in [-0.3, -0.25) is 0 Å². The lowest BCUT2D eigenvalue weighted by atomic mass is 9.96. The number of anilines is 2. The van der Waals surface area contributed by atoms with Gasteiger partial charge >= 0.3 is 6.18 Å². The van der Waals surface area contributed by atoms with Crippen LogP contribution in [0.5, 0.6) is 0 Å². The molecule has 6 nitrogen and oxygen atoms in total. The van der Waals surface area contributed by atoms with E-state index < -0.39 is 24.1 Å². The minimum absolute atomic E-state index is 0.0497. The largest absolute Gasteiger partial charge is 0.408 e. The van der Waals surface area contributed by atoms with Crippen LogP contribution in [0.3, 0.4) is 0 Å². The zero-order valence-corrected chi connectivity index (χ0v) is 13.6. The van der Waals surface area contributed by atoms with E-state index >= 15 is 0 Å². The third kappa shape index (κ3) is 4.36. The van der Waals surface area contributed by atoms with Gasteiger partial charge in [-0.25, -0.2) is 4.39 Å². The molecule has 1 heterocycles. The number of allylic oxidation sites excluding steroid dienone is 1. The highest BCUT2D eigenvalue weighted by atomic mass is 19.4. The van der Waals surface area contributed by atoms with Crippen LogP contribution in [0, 0.1) is 0 Å². The van der Waals surface area contributed by atoms with E-state index in [0.717, 1.165) is 19.8 Å². The van der Waals surface area contributed by atoms with Gasteiger partial charge < -0.3 is 15.7 Å². The summed E-state index contributed by atoms with van der Waals surface area (Å²) in [5.74, 6) is -0.959. The number of alkyl halides is 3. The fraction of sp³-hybridized carbons (Fsp3) is 0.667. The van der Waals surface area contributed by atoms with Gasteiger partial charge in [0, 0.05) is 11.6 Å². The first kappa shape index (κ1) is 17.8. The second-order valence-electron chi connectivity index (χ2n) is 6.37. The van der Waals surface area contributed by atoms with Crippen LogP contribution in [-0.2, 0) is 0 Å². The van der Waals surface area contributed by atoms with Crippen LogP contribution in [0.25, 0.3) is 5.57 Å². The molecular formula is C15H19F4N5O. The molecule has 0 radical (unpaired) electrons. The van der Waals surface area contributed by atoms with Crippen molar-refractivity contribution in [1.82, 2.24) is 15.0 Å². The van der Waals surface area contributed by atoms with Crippen molar-refractivity contribution in [2.24, 2.45) is 0 Å². The number of halogens is 4. The van der Waals surface area contributed by atoms with E-state index in [1.165, 1.54) is 0 Å². The zero-order valence-electron chi connectivity index (χ0n) is 13.6. The van der Waals surface area contributed by atoms with Crippen molar-refractivity contribution in [3.8, 4) is 0 Å². The van der Waals surface area contributed by atoms with Crippen LogP contribution in [-0.4, -0.2) is 44.4 Å². The lowest BCUT2D eigenvalue weighted by Crippen LogP contribution is -2.34. The maximum atomic E-state index is 14.2. The van der Waals surface area contributed by atoms with Crippen molar-refractivity contribution in [1.29, 1.82) is 0 Å². The lowest BCUT2D eigenvalue weighted by Gasteiger charge is -2.21. The number of aliphatic hydroxyl groups is 1. The Morgan fingerprint density at radius 3 is 2.44 bits per heavy atom. The molecule has 0 bridgehead atoms. The van der Waals surface area contributed by atoms with Gasteiger partial charge in [0.1, 0.15) is 18.0 Å². The average molecular weight is 361 g/mol. The number of aromatic nitrogens is 3. The molecule has 25 heavy (non-hydrogen) atoms. The first-order chi connectivity index (χ1) is 11.7. The molecule has 1 aromatic rings. The molecule has 2 atom stereocenters. The van der Waals surface area contributed by atoms with E-state index in [1.54, 1.807) is 0 Å². The molecule has 0 aliphatic heterocycles. The Morgan fingerprint density at radius 2 is 1.80 bits per heavy atom. The molecule has 1 fully saturated rings. The summed E-state index contributed by atoms with van der Waals surface area (Å²) in [6, 6.07) is -1.70. The van der Waals surface area contributed by atoms with Gasteiger partial charge in [-0.05, 0) is 39.0 Å². The molecule has 1 unspecified atom stereocenters. The number of aliphatic hydroxyl groups excluding tert-OH is 1. The summed E-state index contributed by atoms with van der Waals surface area (Å²) >= 11 is 0. The van der Waals surface area contributed by atoms with E-state index in [1.807, 2.05) is 0 Å². The van der Waals surface area contributed by atoms with Crippen LogP contribution < -0.4 is 10.6 Å². The van der Waals surface area contributed by atoms with Gasteiger partial charge in [-0.15, -0.1) is 0 Å². The van der Waals surface area contributed by atoms with Gasteiger partial charge in [-0.2, -0.15) is 28.1 Å². The Hall–Kier alpha value is -1.97. The Kier molecular flexibility index (Phi) is 4.81. The van der Waals surface area contributed by atoms with Crippen LogP contribution in [0.2, 0.25) is 0 Å². The van der Waals surface area contributed by atoms with Crippen molar-refractivity contribution in [3.05, 3.63) is 11.7 Å². The molecule has 2 aliphatic carbocycles. The highest BCUT2D eigenvalue weighted by molar-refractivity contribution is 5.65. The Balaban J connectivity index is 1.94. The summed E-state index contributed by atoms with van der Waals surface area (Å²) in [7, 11) is 0. The fourth-order valence-corrected chi connectivity index (χ4v) is 2.46. The van der Waals surface area contributed by atoms with E-state index in [9.17, 15) is 22.7 Å². The van der Waals surface area contributed by atoms with Crippen LogP contribution >= 0.6 is 0 Å². The second-order valence-corrected chi connectivity index (χ2v) is 6.37. The first-order valence-electron chi connectivity index (χ1n) is 8.17. The van der Waals surface area contributed by atoms with Gasteiger partial charge in [0.2, 0.25) is 11.9 Å². The smallest absolute Gasteiger partial charge is 0.386 e. The number of hydrogen-bond acceptors (Lipinski definition) is 6. The third-order valence-electron chi connectivity index (χ3n) is 4.14. The normalized spacial score (nSPS) is 22.7. The molecule has 1 aromatic heterocycles. The summed E-state index contributed by atoms with van der Waals surface area (Å²) in [5, 5.41) is 14.8. The quantitative estimate of drug-likeness (QED) is 0.700. The van der Waals surface area contributed by atoms with Gasteiger partial charge in [0.25, 0.3) is 0 Å². The molecule has 138 valence electrons. The van der Waals surface area contributed by atoms with Crippen LogP contribution in [0.15, 0.2) is 5.83 Å². The molecule has 2 aliphatic rings. The summed E-state index contributed by atoms with van der Waals surface area (Å²) in [6.45, 7) is 0.946. The molecule has 0 spiro atoms. The van der Waals surface area contributed by atoms with Crippen molar-refractivity contribution in [2.75, 3.05) is 10.6 Å². The van der Waals surface area contributed by atoms with E-state index in [-0.39, 0.29) is 29.3 Å². The van der Waals surface area contributed by atoms with Crippen molar-refractivity contribution < 1.29 is 22.7 Å². The molecule has 10 heteroatoms. The van der Waals surface area contributed by atoms with Gasteiger partial charge in [0.15, 0.2) is 5.82 Å². The number of rotatable bonds is 5.